The molecule has 0 aliphatic rings. The van der Waals surface area contributed by atoms with Crippen molar-refractivity contribution in [1.82, 2.24) is 0 Å². The minimum Gasteiger partial charge on any atom is -0.384 e. The number of benzene rings is 2. The van der Waals surface area contributed by atoms with Gasteiger partial charge in [-0.3, -0.25) is 10.1 Å². The first-order valence-corrected chi connectivity index (χ1v) is 8.20. The highest BCUT2D eigenvalue weighted by atomic mass is 32.2. The molecule has 0 aliphatic carbocycles. The van der Waals surface area contributed by atoms with Crippen LogP contribution < -0.4 is 11.1 Å². The Balaban J connectivity index is 2.59. The van der Waals surface area contributed by atoms with Crippen LogP contribution in [0.25, 0.3) is 0 Å². The van der Waals surface area contributed by atoms with Gasteiger partial charge in [0, 0.05) is 36.5 Å². The number of nitro groups is 1. The average molecular weight is 335 g/mol. The quantitative estimate of drug-likeness (QED) is 0.403. The standard InChI is InChI=1S/C15H17N3O4S/c16-8-9-17-14-7-6-12(18(19)20)10-13(14)15(23(21)22)11-4-2-1-3-5-11/h1-7,10,15,17,23H,8-9,16H2. The van der Waals surface area contributed by atoms with E-state index in [2.05, 4.69) is 5.32 Å². The van der Waals surface area contributed by atoms with Crippen LogP contribution in [0.5, 0.6) is 0 Å². The third-order valence-corrected chi connectivity index (χ3v) is 4.32. The van der Waals surface area contributed by atoms with Crippen LogP contribution in [0, 0.1) is 10.1 Å². The zero-order chi connectivity index (χ0) is 16.8. The van der Waals surface area contributed by atoms with Crippen molar-refractivity contribution in [2.24, 2.45) is 5.73 Å². The second-order valence-corrected chi connectivity index (χ2v) is 5.93. The minimum absolute atomic E-state index is 0.156. The molecule has 0 saturated carbocycles. The predicted molar refractivity (Wildman–Crippen MR) is 89.2 cm³/mol. The Labute approximate surface area is 135 Å². The fraction of sp³-hybridized carbons (Fsp3) is 0.200. The molecule has 0 heterocycles. The number of hydrogen-bond donors (Lipinski definition) is 3. The van der Waals surface area contributed by atoms with Crippen molar-refractivity contribution in [2.45, 2.75) is 5.25 Å². The highest BCUT2D eigenvalue weighted by Crippen LogP contribution is 2.33. The molecule has 0 aromatic heterocycles. The summed E-state index contributed by atoms with van der Waals surface area (Å²) in [6, 6.07) is 12.7. The molecule has 0 bridgehead atoms. The van der Waals surface area contributed by atoms with Crippen molar-refractivity contribution in [3.05, 3.63) is 69.8 Å². The molecule has 0 fully saturated rings. The van der Waals surface area contributed by atoms with Crippen molar-refractivity contribution in [2.75, 3.05) is 18.4 Å². The summed E-state index contributed by atoms with van der Waals surface area (Å²) in [6.07, 6.45) is 0. The lowest BCUT2D eigenvalue weighted by Gasteiger charge is -2.17. The van der Waals surface area contributed by atoms with Crippen LogP contribution >= 0.6 is 0 Å². The van der Waals surface area contributed by atoms with E-state index in [-0.39, 0.29) is 5.69 Å². The number of non-ortho nitro benzene ring substituents is 1. The number of nitrogens with two attached hydrogens (primary N) is 1. The summed E-state index contributed by atoms with van der Waals surface area (Å²) in [5, 5.41) is 13.1. The third kappa shape index (κ3) is 4.05. The monoisotopic (exact) mass is 335 g/mol. The fourth-order valence-corrected chi connectivity index (χ4v) is 3.16. The van der Waals surface area contributed by atoms with Crippen LogP contribution in [0.3, 0.4) is 0 Å². The Morgan fingerprint density at radius 2 is 1.87 bits per heavy atom. The summed E-state index contributed by atoms with van der Waals surface area (Å²) in [5.74, 6) is 0. The lowest BCUT2D eigenvalue weighted by Crippen LogP contribution is -2.15. The van der Waals surface area contributed by atoms with E-state index in [0.717, 1.165) is 0 Å². The van der Waals surface area contributed by atoms with E-state index in [9.17, 15) is 18.5 Å². The maximum atomic E-state index is 11.8. The van der Waals surface area contributed by atoms with Gasteiger partial charge < -0.3 is 11.1 Å². The Hall–Kier alpha value is -2.45. The van der Waals surface area contributed by atoms with Crippen molar-refractivity contribution in [3.63, 3.8) is 0 Å². The second-order valence-electron chi connectivity index (χ2n) is 4.84. The highest BCUT2D eigenvalue weighted by molar-refractivity contribution is 7.73. The molecule has 0 aliphatic heterocycles. The first-order valence-electron chi connectivity index (χ1n) is 6.95. The topological polar surface area (TPSA) is 115 Å². The molecule has 8 heteroatoms. The fourth-order valence-electron chi connectivity index (χ4n) is 2.31. The Morgan fingerprint density at radius 1 is 1.17 bits per heavy atom. The Kier molecular flexibility index (Phi) is 5.67. The first-order chi connectivity index (χ1) is 11.0. The van der Waals surface area contributed by atoms with Crippen LogP contribution in [0.15, 0.2) is 48.5 Å². The summed E-state index contributed by atoms with van der Waals surface area (Å²) in [6.45, 7) is 0.790. The number of thiol groups is 1. The maximum absolute atomic E-state index is 11.8. The van der Waals surface area contributed by atoms with Gasteiger partial charge >= 0.3 is 0 Å². The molecule has 0 saturated heterocycles. The molecule has 1 unspecified atom stereocenters. The van der Waals surface area contributed by atoms with E-state index in [4.69, 9.17) is 5.73 Å². The van der Waals surface area contributed by atoms with Gasteiger partial charge in [0.05, 0.1) is 4.92 Å². The van der Waals surface area contributed by atoms with Crippen molar-refractivity contribution in [3.8, 4) is 0 Å². The van der Waals surface area contributed by atoms with Crippen molar-refractivity contribution in [1.29, 1.82) is 0 Å². The van der Waals surface area contributed by atoms with Gasteiger partial charge in [0.1, 0.15) is 5.25 Å². The molecule has 1 atom stereocenters. The van der Waals surface area contributed by atoms with Crippen molar-refractivity contribution < 1.29 is 13.3 Å². The Morgan fingerprint density at radius 3 is 2.43 bits per heavy atom. The molecule has 0 radical (unpaired) electrons. The lowest BCUT2D eigenvalue weighted by molar-refractivity contribution is -0.384. The molecule has 3 N–H and O–H groups in total. The van der Waals surface area contributed by atoms with E-state index in [1.807, 2.05) is 0 Å². The summed E-state index contributed by atoms with van der Waals surface area (Å²) in [7, 11) is -2.87. The molecule has 122 valence electrons. The number of nitrogens with zero attached hydrogens (tertiary/aromatic N) is 1. The number of hydrogen-bond acceptors (Lipinski definition) is 6. The number of nitro benzene ring substituents is 1. The van der Waals surface area contributed by atoms with E-state index in [1.54, 1.807) is 30.3 Å². The van der Waals surface area contributed by atoms with Crippen LogP contribution in [-0.2, 0) is 10.7 Å². The van der Waals surface area contributed by atoms with Gasteiger partial charge in [0.25, 0.3) is 5.69 Å². The van der Waals surface area contributed by atoms with Gasteiger partial charge in [-0.05, 0) is 11.6 Å². The molecular formula is C15H17N3O4S. The van der Waals surface area contributed by atoms with Crippen LogP contribution in [0.2, 0.25) is 0 Å². The molecule has 2 rings (SSSR count). The summed E-state index contributed by atoms with van der Waals surface area (Å²) < 4.78 is 23.6. The third-order valence-electron chi connectivity index (χ3n) is 3.33. The summed E-state index contributed by atoms with van der Waals surface area (Å²) >= 11 is 0. The van der Waals surface area contributed by atoms with E-state index in [0.29, 0.717) is 29.9 Å². The van der Waals surface area contributed by atoms with Crippen LogP contribution in [0.1, 0.15) is 16.4 Å². The Bertz CT molecular complexity index is 755. The normalized spacial score (nSPS) is 12.1. The van der Waals surface area contributed by atoms with Gasteiger partial charge in [0.2, 0.25) is 0 Å². The average Bonchev–Trinajstić information content (AvgIpc) is 2.54. The lowest BCUT2D eigenvalue weighted by atomic mass is 10.0. The number of rotatable bonds is 7. The molecule has 2 aromatic rings. The van der Waals surface area contributed by atoms with E-state index < -0.39 is 20.9 Å². The molecule has 0 amide bonds. The van der Waals surface area contributed by atoms with E-state index in [1.165, 1.54) is 18.2 Å². The van der Waals surface area contributed by atoms with Gasteiger partial charge in [0.15, 0.2) is 10.7 Å². The summed E-state index contributed by atoms with van der Waals surface area (Å²) in [4.78, 5) is 10.5. The predicted octanol–water partition coefficient (Wildman–Crippen LogP) is 1.67. The molecule has 23 heavy (non-hydrogen) atoms. The SMILES string of the molecule is NCCNc1ccc([N+](=O)[O-])cc1C(c1ccccc1)[SH](=O)=O. The van der Waals surface area contributed by atoms with Crippen LogP contribution in [0.4, 0.5) is 11.4 Å². The van der Waals surface area contributed by atoms with Gasteiger partial charge in [-0.1, -0.05) is 30.3 Å². The van der Waals surface area contributed by atoms with Crippen LogP contribution in [-0.4, -0.2) is 26.4 Å². The number of nitrogens with one attached hydrogen (secondary N) is 1. The van der Waals surface area contributed by atoms with Crippen molar-refractivity contribution >= 4 is 22.1 Å². The van der Waals surface area contributed by atoms with Gasteiger partial charge in [-0.15, -0.1) is 0 Å². The largest absolute Gasteiger partial charge is 0.384 e. The van der Waals surface area contributed by atoms with E-state index >= 15 is 0 Å². The highest BCUT2D eigenvalue weighted by Gasteiger charge is 2.23. The molecular weight excluding hydrogens is 318 g/mol. The number of anilines is 1. The second kappa shape index (κ2) is 7.70. The maximum Gasteiger partial charge on any atom is 0.269 e. The smallest absolute Gasteiger partial charge is 0.269 e. The zero-order valence-electron chi connectivity index (χ0n) is 12.2. The first kappa shape index (κ1) is 16.9. The molecule has 2 aromatic carbocycles. The van der Waals surface area contributed by atoms with Gasteiger partial charge in [-0.2, -0.15) is 0 Å². The zero-order valence-corrected chi connectivity index (χ0v) is 13.1. The molecule has 7 nitrogen and oxygen atoms in total. The summed E-state index contributed by atoms with van der Waals surface area (Å²) in [5.41, 5.74) is 6.73. The minimum atomic E-state index is -2.87. The van der Waals surface area contributed by atoms with Gasteiger partial charge in [-0.25, -0.2) is 8.42 Å². The molecule has 0 spiro atoms.